The first-order chi connectivity index (χ1) is 10.1. The topological polar surface area (TPSA) is 54.0 Å². The lowest BCUT2D eigenvalue weighted by atomic mass is 10.2. The maximum absolute atomic E-state index is 11.9. The Morgan fingerprint density at radius 3 is 2.71 bits per heavy atom. The third-order valence-corrected chi connectivity index (χ3v) is 3.97. The van der Waals surface area contributed by atoms with E-state index < -0.39 is 0 Å². The molecule has 21 heavy (non-hydrogen) atoms. The van der Waals surface area contributed by atoms with Crippen molar-refractivity contribution in [1.29, 1.82) is 0 Å². The van der Waals surface area contributed by atoms with Crippen molar-refractivity contribution in [2.45, 2.75) is 25.8 Å². The molecule has 1 aromatic heterocycles. The second-order valence-electron chi connectivity index (χ2n) is 5.29. The molecular weight excluding hydrogens is 330 g/mol. The molecule has 4 nitrogen and oxygen atoms in total. The van der Waals surface area contributed by atoms with Gasteiger partial charge in [0.2, 0.25) is 0 Å². The maximum Gasteiger partial charge on any atom is 0.270 e. The monoisotopic (exact) mass is 345 g/mol. The highest BCUT2D eigenvalue weighted by Crippen LogP contribution is 2.26. The van der Waals surface area contributed by atoms with Gasteiger partial charge in [0.25, 0.3) is 5.91 Å². The van der Waals surface area contributed by atoms with E-state index >= 15 is 0 Å². The molecule has 1 aliphatic rings. The van der Waals surface area contributed by atoms with Crippen molar-refractivity contribution in [2.24, 2.45) is 0 Å². The number of hydrogen-bond acceptors (Lipinski definition) is 3. The van der Waals surface area contributed by atoms with E-state index in [2.05, 4.69) is 31.5 Å². The van der Waals surface area contributed by atoms with E-state index in [0.29, 0.717) is 11.7 Å². The van der Waals surface area contributed by atoms with Crippen molar-refractivity contribution in [1.82, 2.24) is 10.3 Å². The van der Waals surface area contributed by atoms with Crippen LogP contribution in [0.4, 0.5) is 11.4 Å². The zero-order valence-corrected chi connectivity index (χ0v) is 13.3. The van der Waals surface area contributed by atoms with Crippen LogP contribution in [0.3, 0.4) is 0 Å². The summed E-state index contributed by atoms with van der Waals surface area (Å²) in [6.07, 6.45) is 3.83. The van der Waals surface area contributed by atoms with Gasteiger partial charge in [0.1, 0.15) is 5.69 Å². The summed E-state index contributed by atoms with van der Waals surface area (Å²) < 4.78 is 0.998. The van der Waals surface area contributed by atoms with Gasteiger partial charge in [-0.3, -0.25) is 4.79 Å². The Labute approximate surface area is 132 Å². The lowest BCUT2D eigenvalue weighted by molar-refractivity contribution is 0.0946. The molecule has 1 aliphatic carbocycles. The van der Waals surface area contributed by atoms with Crippen molar-refractivity contribution in [2.75, 3.05) is 5.32 Å². The molecule has 1 amide bonds. The fourth-order valence-electron chi connectivity index (χ4n) is 1.97. The Morgan fingerprint density at radius 2 is 2.10 bits per heavy atom. The van der Waals surface area contributed by atoms with E-state index in [9.17, 15) is 4.79 Å². The number of carbonyl (C=O) groups excluding carboxylic acids is 1. The van der Waals surface area contributed by atoms with E-state index in [1.807, 2.05) is 31.2 Å². The van der Waals surface area contributed by atoms with Crippen LogP contribution in [0.5, 0.6) is 0 Å². The van der Waals surface area contributed by atoms with Crippen molar-refractivity contribution in [3.05, 3.63) is 52.3 Å². The van der Waals surface area contributed by atoms with Crippen LogP contribution >= 0.6 is 15.9 Å². The fourth-order valence-corrected chi connectivity index (χ4v) is 2.56. The zero-order chi connectivity index (χ0) is 14.8. The molecule has 0 bridgehead atoms. The summed E-state index contributed by atoms with van der Waals surface area (Å²) in [5.41, 5.74) is 3.47. The number of halogens is 1. The smallest absolute Gasteiger partial charge is 0.270 e. The highest BCUT2D eigenvalue weighted by atomic mass is 79.9. The number of carbonyl (C=O) groups is 1. The van der Waals surface area contributed by atoms with Crippen LogP contribution in [-0.4, -0.2) is 16.9 Å². The molecule has 0 unspecified atom stereocenters. The molecule has 0 atom stereocenters. The highest BCUT2D eigenvalue weighted by molar-refractivity contribution is 9.10. The van der Waals surface area contributed by atoms with Crippen LogP contribution in [0.25, 0.3) is 0 Å². The Bertz CT molecular complexity index is 666. The molecule has 108 valence electrons. The van der Waals surface area contributed by atoms with Crippen molar-refractivity contribution in [3.63, 3.8) is 0 Å². The van der Waals surface area contributed by atoms with Gasteiger partial charge < -0.3 is 10.6 Å². The summed E-state index contributed by atoms with van der Waals surface area (Å²) >= 11 is 3.53. The lowest BCUT2D eigenvalue weighted by Gasteiger charge is -2.09. The molecule has 1 saturated carbocycles. The first kappa shape index (κ1) is 14.1. The number of hydrogen-bond donors (Lipinski definition) is 2. The predicted octanol–water partition coefficient (Wildman–Crippen LogP) is 3.79. The van der Waals surface area contributed by atoms with Crippen LogP contribution in [0.1, 0.15) is 28.9 Å². The van der Waals surface area contributed by atoms with Gasteiger partial charge in [-0.05, 0) is 65.5 Å². The Balaban J connectivity index is 1.70. The number of pyridine rings is 1. The molecule has 1 aromatic carbocycles. The number of rotatable bonds is 4. The van der Waals surface area contributed by atoms with Crippen molar-refractivity contribution < 1.29 is 4.79 Å². The summed E-state index contributed by atoms with van der Waals surface area (Å²) in [6.45, 7) is 2.05. The van der Waals surface area contributed by atoms with Crippen LogP contribution in [-0.2, 0) is 0 Å². The van der Waals surface area contributed by atoms with E-state index in [0.717, 1.165) is 28.7 Å². The fraction of sp³-hybridized carbons (Fsp3) is 0.250. The number of benzene rings is 1. The second kappa shape index (κ2) is 5.85. The van der Waals surface area contributed by atoms with E-state index in [-0.39, 0.29) is 5.91 Å². The molecular formula is C16H16BrN3O. The minimum Gasteiger partial charge on any atom is -0.353 e. The largest absolute Gasteiger partial charge is 0.353 e. The molecule has 0 aliphatic heterocycles. The summed E-state index contributed by atoms with van der Waals surface area (Å²) in [5.74, 6) is -0.0967. The number of nitrogens with zero attached hydrogens (tertiary/aromatic N) is 1. The maximum atomic E-state index is 11.9. The summed E-state index contributed by atoms with van der Waals surface area (Å²) in [4.78, 5) is 16.1. The van der Waals surface area contributed by atoms with Gasteiger partial charge in [0.15, 0.2) is 0 Å². The third kappa shape index (κ3) is 3.61. The Morgan fingerprint density at radius 1 is 1.29 bits per heavy atom. The lowest BCUT2D eigenvalue weighted by Crippen LogP contribution is -2.26. The van der Waals surface area contributed by atoms with Crippen LogP contribution < -0.4 is 10.6 Å². The zero-order valence-electron chi connectivity index (χ0n) is 11.7. The van der Waals surface area contributed by atoms with E-state index in [1.54, 1.807) is 12.3 Å². The number of amides is 1. The van der Waals surface area contributed by atoms with Gasteiger partial charge in [-0.25, -0.2) is 4.98 Å². The Kier molecular flexibility index (Phi) is 3.92. The average Bonchev–Trinajstić information content (AvgIpc) is 3.26. The van der Waals surface area contributed by atoms with Crippen molar-refractivity contribution >= 4 is 33.2 Å². The average molecular weight is 346 g/mol. The van der Waals surface area contributed by atoms with Gasteiger partial charge >= 0.3 is 0 Å². The van der Waals surface area contributed by atoms with Gasteiger partial charge in [-0.2, -0.15) is 0 Å². The minimum atomic E-state index is -0.0967. The van der Waals surface area contributed by atoms with E-state index in [4.69, 9.17) is 0 Å². The number of anilines is 2. The number of aryl methyl sites for hydroxylation is 1. The molecule has 0 saturated heterocycles. The quantitative estimate of drug-likeness (QED) is 0.886. The van der Waals surface area contributed by atoms with Gasteiger partial charge in [0, 0.05) is 10.5 Å². The molecule has 0 radical (unpaired) electrons. The second-order valence-corrected chi connectivity index (χ2v) is 6.14. The van der Waals surface area contributed by atoms with E-state index in [1.165, 1.54) is 5.56 Å². The third-order valence-electron chi connectivity index (χ3n) is 3.31. The molecule has 0 spiro atoms. The van der Waals surface area contributed by atoms with Gasteiger partial charge in [-0.1, -0.05) is 6.07 Å². The SMILES string of the molecule is Cc1ccc(Nc2ccc(C(=O)NC3CC3)nc2)c(Br)c1. The van der Waals surface area contributed by atoms with Crippen molar-refractivity contribution in [3.8, 4) is 0 Å². The highest BCUT2D eigenvalue weighted by Gasteiger charge is 2.24. The molecule has 1 heterocycles. The van der Waals surface area contributed by atoms with Crippen LogP contribution in [0.2, 0.25) is 0 Å². The number of nitrogens with one attached hydrogen (secondary N) is 2. The normalized spacial score (nSPS) is 13.8. The molecule has 3 rings (SSSR count). The summed E-state index contributed by atoms with van der Waals surface area (Å²) in [5, 5.41) is 6.20. The molecule has 1 fully saturated rings. The first-order valence-corrected chi connectivity index (χ1v) is 7.71. The predicted molar refractivity (Wildman–Crippen MR) is 86.9 cm³/mol. The molecule has 5 heteroatoms. The van der Waals surface area contributed by atoms with Crippen LogP contribution in [0, 0.1) is 6.92 Å². The van der Waals surface area contributed by atoms with Gasteiger partial charge in [0.05, 0.1) is 17.6 Å². The van der Waals surface area contributed by atoms with Crippen LogP contribution in [0.15, 0.2) is 41.0 Å². The molecule has 2 N–H and O–H groups in total. The van der Waals surface area contributed by atoms with Gasteiger partial charge in [-0.15, -0.1) is 0 Å². The molecule has 2 aromatic rings. The Hall–Kier alpha value is -1.88. The first-order valence-electron chi connectivity index (χ1n) is 6.92. The standard InChI is InChI=1S/C16H16BrN3O/c1-10-2-6-14(13(17)8-10)19-12-5-7-15(18-9-12)16(21)20-11-3-4-11/h2,5-9,11,19H,3-4H2,1H3,(H,20,21). The summed E-state index contributed by atoms with van der Waals surface area (Å²) in [6, 6.07) is 10.0. The minimum absolute atomic E-state index is 0.0967. The number of aromatic nitrogens is 1. The summed E-state index contributed by atoms with van der Waals surface area (Å²) in [7, 11) is 0.